The zero-order chi connectivity index (χ0) is 13.0. The van der Waals surface area contributed by atoms with Gasteiger partial charge >= 0.3 is 0 Å². The molecule has 4 heteroatoms. The number of aromatic nitrogens is 2. The van der Waals surface area contributed by atoms with Crippen molar-refractivity contribution >= 4 is 0 Å². The second kappa shape index (κ2) is 5.69. The predicted molar refractivity (Wildman–Crippen MR) is 69.2 cm³/mol. The van der Waals surface area contributed by atoms with Gasteiger partial charge in [0.15, 0.2) is 0 Å². The molecule has 2 rings (SSSR count). The van der Waals surface area contributed by atoms with Crippen LogP contribution >= 0.6 is 0 Å². The van der Waals surface area contributed by atoms with Crippen LogP contribution < -0.4 is 4.74 Å². The van der Waals surface area contributed by atoms with Gasteiger partial charge in [-0.25, -0.2) is 4.98 Å². The zero-order valence-corrected chi connectivity index (χ0v) is 10.7. The molecular formula is C14H18N2O2. The Balaban J connectivity index is 2.12. The monoisotopic (exact) mass is 246 g/mol. The normalized spacial score (nSPS) is 12.4. The van der Waals surface area contributed by atoms with Crippen molar-refractivity contribution in [1.29, 1.82) is 0 Å². The summed E-state index contributed by atoms with van der Waals surface area (Å²) in [6, 6.07) is 7.59. The van der Waals surface area contributed by atoms with Crippen LogP contribution in [0, 0.1) is 0 Å². The summed E-state index contributed by atoms with van der Waals surface area (Å²) < 4.78 is 7.68. The SMILES string of the molecule is CC[C@H](O)c1ccccc1OCc1cncn1C. The minimum Gasteiger partial charge on any atom is -0.487 e. The lowest BCUT2D eigenvalue weighted by atomic mass is 10.1. The van der Waals surface area contributed by atoms with E-state index >= 15 is 0 Å². The summed E-state index contributed by atoms with van der Waals surface area (Å²) in [6.07, 6.45) is 3.71. The van der Waals surface area contributed by atoms with Gasteiger partial charge in [-0.2, -0.15) is 0 Å². The van der Waals surface area contributed by atoms with E-state index in [1.54, 1.807) is 12.5 Å². The average Bonchev–Trinajstić information content (AvgIpc) is 2.81. The van der Waals surface area contributed by atoms with E-state index in [1.165, 1.54) is 0 Å². The number of hydrogen-bond acceptors (Lipinski definition) is 3. The van der Waals surface area contributed by atoms with Crippen molar-refractivity contribution in [2.24, 2.45) is 7.05 Å². The van der Waals surface area contributed by atoms with Crippen molar-refractivity contribution in [3.05, 3.63) is 48.0 Å². The number of ether oxygens (including phenoxy) is 1. The van der Waals surface area contributed by atoms with E-state index in [0.29, 0.717) is 13.0 Å². The molecule has 0 saturated heterocycles. The van der Waals surface area contributed by atoms with Gasteiger partial charge in [-0.15, -0.1) is 0 Å². The summed E-state index contributed by atoms with van der Waals surface area (Å²) in [5.41, 5.74) is 1.83. The van der Waals surface area contributed by atoms with E-state index in [0.717, 1.165) is 17.0 Å². The Kier molecular flexibility index (Phi) is 3.99. The van der Waals surface area contributed by atoms with Crippen molar-refractivity contribution in [3.8, 4) is 5.75 Å². The highest BCUT2D eigenvalue weighted by Gasteiger charge is 2.11. The zero-order valence-electron chi connectivity index (χ0n) is 10.7. The van der Waals surface area contributed by atoms with Crippen LogP contribution in [0.1, 0.15) is 30.7 Å². The fourth-order valence-electron chi connectivity index (χ4n) is 1.78. The molecule has 0 fully saturated rings. The highest BCUT2D eigenvalue weighted by Crippen LogP contribution is 2.27. The summed E-state index contributed by atoms with van der Waals surface area (Å²) in [7, 11) is 1.93. The number of aliphatic hydroxyl groups is 1. The molecule has 4 nitrogen and oxygen atoms in total. The van der Waals surface area contributed by atoms with E-state index in [1.807, 2.05) is 42.8 Å². The van der Waals surface area contributed by atoms with Gasteiger partial charge in [0.25, 0.3) is 0 Å². The van der Waals surface area contributed by atoms with Crippen LogP contribution in [-0.4, -0.2) is 14.7 Å². The molecule has 1 aromatic heterocycles. The maximum atomic E-state index is 9.92. The quantitative estimate of drug-likeness (QED) is 0.881. The number of para-hydroxylation sites is 1. The van der Waals surface area contributed by atoms with Crippen LogP contribution in [0.2, 0.25) is 0 Å². The maximum absolute atomic E-state index is 9.92. The summed E-state index contributed by atoms with van der Waals surface area (Å²) in [5.74, 6) is 0.730. The first kappa shape index (κ1) is 12.6. The molecule has 0 unspecified atom stereocenters. The van der Waals surface area contributed by atoms with Crippen molar-refractivity contribution < 1.29 is 9.84 Å². The molecular weight excluding hydrogens is 228 g/mol. The highest BCUT2D eigenvalue weighted by molar-refractivity contribution is 5.35. The minimum absolute atomic E-state index is 0.448. The van der Waals surface area contributed by atoms with E-state index in [9.17, 15) is 5.11 Å². The first-order valence-electron chi connectivity index (χ1n) is 6.07. The molecule has 0 amide bonds. The van der Waals surface area contributed by atoms with Crippen LogP contribution in [-0.2, 0) is 13.7 Å². The van der Waals surface area contributed by atoms with E-state index < -0.39 is 6.10 Å². The first-order valence-corrected chi connectivity index (χ1v) is 6.07. The predicted octanol–water partition coefficient (Wildman–Crippen LogP) is 2.44. The molecule has 18 heavy (non-hydrogen) atoms. The first-order chi connectivity index (χ1) is 8.72. The molecule has 1 aromatic carbocycles. The Labute approximate surface area is 107 Å². The fraction of sp³-hybridized carbons (Fsp3) is 0.357. The van der Waals surface area contributed by atoms with Gasteiger partial charge in [-0.05, 0) is 12.5 Å². The van der Waals surface area contributed by atoms with E-state index in [2.05, 4.69) is 4.98 Å². The molecule has 96 valence electrons. The molecule has 0 aliphatic rings. The summed E-state index contributed by atoms with van der Waals surface area (Å²) >= 11 is 0. The lowest BCUT2D eigenvalue weighted by molar-refractivity contribution is 0.166. The number of aryl methyl sites for hydroxylation is 1. The highest BCUT2D eigenvalue weighted by atomic mass is 16.5. The maximum Gasteiger partial charge on any atom is 0.130 e. The number of nitrogens with zero attached hydrogens (tertiary/aromatic N) is 2. The number of benzene rings is 1. The smallest absolute Gasteiger partial charge is 0.130 e. The molecule has 1 atom stereocenters. The van der Waals surface area contributed by atoms with Crippen LogP contribution in [0.3, 0.4) is 0 Å². The van der Waals surface area contributed by atoms with Crippen LogP contribution in [0.5, 0.6) is 5.75 Å². The molecule has 0 radical (unpaired) electrons. The molecule has 1 heterocycles. The topological polar surface area (TPSA) is 47.3 Å². The average molecular weight is 246 g/mol. The summed E-state index contributed by atoms with van der Waals surface area (Å²) in [5, 5.41) is 9.92. The van der Waals surface area contributed by atoms with Gasteiger partial charge in [0.1, 0.15) is 12.4 Å². The number of rotatable bonds is 5. The molecule has 0 aliphatic heterocycles. The van der Waals surface area contributed by atoms with Gasteiger partial charge < -0.3 is 14.4 Å². The standard InChI is InChI=1S/C14H18N2O2/c1-3-13(17)12-6-4-5-7-14(12)18-9-11-8-15-10-16(11)2/h4-8,10,13,17H,3,9H2,1-2H3/t13-/m0/s1. The molecule has 0 spiro atoms. The molecule has 1 N–H and O–H groups in total. The van der Waals surface area contributed by atoms with Gasteiger partial charge in [-0.1, -0.05) is 25.1 Å². The van der Waals surface area contributed by atoms with Crippen molar-refractivity contribution in [2.75, 3.05) is 0 Å². The Hall–Kier alpha value is -1.81. The Morgan fingerprint density at radius 3 is 2.83 bits per heavy atom. The Bertz CT molecular complexity index is 508. The van der Waals surface area contributed by atoms with Crippen LogP contribution in [0.4, 0.5) is 0 Å². The minimum atomic E-state index is -0.479. The second-order valence-corrected chi connectivity index (χ2v) is 4.25. The van der Waals surface area contributed by atoms with Crippen molar-refractivity contribution in [1.82, 2.24) is 9.55 Å². The largest absolute Gasteiger partial charge is 0.487 e. The van der Waals surface area contributed by atoms with E-state index in [-0.39, 0.29) is 0 Å². The number of hydrogen-bond donors (Lipinski definition) is 1. The van der Waals surface area contributed by atoms with E-state index in [4.69, 9.17) is 4.74 Å². The fourth-order valence-corrected chi connectivity index (χ4v) is 1.78. The molecule has 0 bridgehead atoms. The number of imidazole rings is 1. The number of aliphatic hydroxyl groups excluding tert-OH is 1. The van der Waals surface area contributed by atoms with Crippen LogP contribution in [0.25, 0.3) is 0 Å². The van der Waals surface area contributed by atoms with Gasteiger partial charge in [-0.3, -0.25) is 0 Å². The van der Waals surface area contributed by atoms with Gasteiger partial charge in [0.2, 0.25) is 0 Å². The van der Waals surface area contributed by atoms with Gasteiger partial charge in [0, 0.05) is 12.6 Å². The lowest BCUT2D eigenvalue weighted by Gasteiger charge is -2.14. The Morgan fingerprint density at radius 1 is 1.39 bits per heavy atom. The summed E-state index contributed by atoms with van der Waals surface area (Å²) in [6.45, 7) is 2.40. The molecule has 0 aliphatic carbocycles. The Morgan fingerprint density at radius 2 is 2.17 bits per heavy atom. The summed E-state index contributed by atoms with van der Waals surface area (Å²) in [4.78, 5) is 4.04. The second-order valence-electron chi connectivity index (χ2n) is 4.25. The lowest BCUT2D eigenvalue weighted by Crippen LogP contribution is -2.04. The van der Waals surface area contributed by atoms with Crippen molar-refractivity contribution in [2.45, 2.75) is 26.1 Å². The van der Waals surface area contributed by atoms with Crippen LogP contribution in [0.15, 0.2) is 36.8 Å². The third-order valence-corrected chi connectivity index (χ3v) is 2.96. The van der Waals surface area contributed by atoms with Gasteiger partial charge in [0.05, 0.1) is 24.3 Å². The molecule has 0 saturated carbocycles. The third-order valence-electron chi connectivity index (χ3n) is 2.96. The third kappa shape index (κ3) is 2.71. The van der Waals surface area contributed by atoms with Crippen molar-refractivity contribution in [3.63, 3.8) is 0 Å². The molecule has 2 aromatic rings.